The van der Waals surface area contributed by atoms with Crippen molar-refractivity contribution in [3.63, 3.8) is 0 Å². The number of fused-ring (bicyclic) bond motifs is 1. The van der Waals surface area contributed by atoms with E-state index in [1.165, 1.54) is 51.4 Å². The SMILES string of the molecule is C=C(/C=C\C(Cl)=C/C)[C@H]1CC[C@H](C2=C(OCCCCCCCCCCCCCCCC(=O)OCC)C(=O)c3ccccc3C2=O)CC1. The highest BCUT2D eigenvalue weighted by Crippen LogP contribution is 2.41. The van der Waals surface area contributed by atoms with Gasteiger partial charge in [-0.05, 0) is 70.3 Å². The molecule has 1 saturated carbocycles. The summed E-state index contributed by atoms with van der Waals surface area (Å²) >= 11 is 6.13. The number of esters is 1. The number of unbranched alkanes of at least 4 members (excludes halogenated alkanes) is 12. The van der Waals surface area contributed by atoms with Gasteiger partial charge in [0.25, 0.3) is 0 Å². The molecule has 0 atom stereocenters. The first-order valence-electron chi connectivity index (χ1n) is 18.3. The molecule has 0 radical (unpaired) electrons. The third kappa shape index (κ3) is 12.9. The van der Waals surface area contributed by atoms with E-state index in [1.807, 2.05) is 44.2 Å². The molecule has 0 bridgehead atoms. The Kier molecular flexibility index (Phi) is 17.9. The average molecular weight is 665 g/mol. The zero-order chi connectivity index (χ0) is 33.9. The molecule has 0 aliphatic heterocycles. The summed E-state index contributed by atoms with van der Waals surface area (Å²) in [5.41, 5.74) is 2.60. The van der Waals surface area contributed by atoms with Crippen LogP contribution in [0, 0.1) is 11.8 Å². The van der Waals surface area contributed by atoms with E-state index >= 15 is 0 Å². The smallest absolute Gasteiger partial charge is 0.305 e. The number of carbonyl (C=O) groups is 3. The van der Waals surface area contributed by atoms with Crippen molar-refractivity contribution in [1.82, 2.24) is 0 Å². The molecule has 258 valence electrons. The zero-order valence-corrected chi connectivity index (χ0v) is 29.7. The van der Waals surface area contributed by atoms with E-state index in [1.54, 1.807) is 12.1 Å². The summed E-state index contributed by atoms with van der Waals surface area (Å²) in [6, 6.07) is 7.16. The summed E-state index contributed by atoms with van der Waals surface area (Å²) in [6.07, 6.45) is 25.0. The van der Waals surface area contributed by atoms with Gasteiger partial charge in [0.15, 0.2) is 11.5 Å². The maximum absolute atomic E-state index is 13.7. The topological polar surface area (TPSA) is 69.7 Å². The van der Waals surface area contributed by atoms with Crippen LogP contribution in [0.2, 0.25) is 0 Å². The van der Waals surface area contributed by atoms with Crippen molar-refractivity contribution in [3.8, 4) is 0 Å². The summed E-state index contributed by atoms with van der Waals surface area (Å²) in [5.74, 6) is 0.373. The molecule has 2 aliphatic carbocycles. The number of rotatable bonds is 22. The van der Waals surface area contributed by atoms with Crippen LogP contribution in [0.5, 0.6) is 0 Å². The highest BCUT2D eigenvalue weighted by Gasteiger charge is 2.38. The average Bonchev–Trinajstić information content (AvgIpc) is 3.09. The molecule has 0 heterocycles. The number of halogens is 1. The van der Waals surface area contributed by atoms with Crippen LogP contribution in [0.15, 0.2) is 71.0 Å². The zero-order valence-electron chi connectivity index (χ0n) is 29.0. The summed E-state index contributed by atoms with van der Waals surface area (Å²) in [4.78, 5) is 38.7. The number of ketones is 2. The van der Waals surface area contributed by atoms with E-state index in [-0.39, 0.29) is 29.2 Å². The van der Waals surface area contributed by atoms with Crippen LogP contribution in [0.3, 0.4) is 0 Å². The van der Waals surface area contributed by atoms with Crippen molar-refractivity contribution in [3.05, 3.63) is 82.1 Å². The van der Waals surface area contributed by atoms with Gasteiger partial charge in [0.1, 0.15) is 0 Å². The van der Waals surface area contributed by atoms with Crippen molar-refractivity contribution >= 4 is 29.1 Å². The third-order valence-corrected chi connectivity index (χ3v) is 9.93. The lowest BCUT2D eigenvalue weighted by Gasteiger charge is -2.32. The van der Waals surface area contributed by atoms with Gasteiger partial charge in [-0.25, -0.2) is 0 Å². The van der Waals surface area contributed by atoms with Gasteiger partial charge in [-0.3, -0.25) is 14.4 Å². The van der Waals surface area contributed by atoms with Crippen LogP contribution >= 0.6 is 11.6 Å². The molecule has 2 aliphatic rings. The number of carbonyl (C=O) groups excluding carboxylic acids is 3. The number of hydrogen-bond acceptors (Lipinski definition) is 5. The Morgan fingerprint density at radius 3 is 1.89 bits per heavy atom. The van der Waals surface area contributed by atoms with Crippen LogP contribution in [0.1, 0.15) is 150 Å². The molecule has 0 unspecified atom stereocenters. The number of allylic oxidation sites excluding steroid dienone is 7. The van der Waals surface area contributed by atoms with Gasteiger partial charge in [-0.2, -0.15) is 0 Å². The fraction of sp³-hybridized carbons (Fsp3) is 0.585. The van der Waals surface area contributed by atoms with E-state index in [4.69, 9.17) is 21.1 Å². The second-order valence-electron chi connectivity index (χ2n) is 13.1. The molecule has 1 aromatic rings. The Hall–Kier alpha value is -2.92. The van der Waals surface area contributed by atoms with E-state index in [9.17, 15) is 14.4 Å². The fourth-order valence-electron chi connectivity index (χ4n) is 6.78. The summed E-state index contributed by atoms with van der Waals surface area (Å²) in [6.45, 7) is 8.95. The minimum atomic E-state index is -0.151. The van der Waals surface area contributed by atoms with Crippen LogP contribution in [-0.4, -0.2) is 30.7 Å². The molecule has 0 aromatic heterocycles. The number of Topliss-reactive ketones (excluding diaryl/α,β-unsaturated/α-hetero) is 2. The summed E-state index contributed by atoms with van der Waals surface area (Å²) in [5, 5.41) is 0.691. The predicted molar refractivity (Wildman–Crippen MR) is 193 cm³/mol. The lowest BCUT2D eigenvalue weighted by atomic mass is 9.72. The Morgan fingerprint density at radius 2 is 1.34 bits per heavy atom. The van der Waals surface area contributed by atoms with Gasteiger partial charge < -0.3 is 9.47 Å². The maximum Gasteiger partial charge on any atom is 0.305 e. The second-order valence-corrected chi connectivity index (χ2v) is 13.5. The van der Waals surface area contributed by atoms with E-state index < -0.39 is 0 Å². The lowest BCUT2D eigenvalue weighted by molar-refractivity contribution is -0.143. The third-order valence-electron chi connectivity index (χ3n) is 9.58. The summed E-state index contributed by atoms with van der Waals surface area (Å²) in [7, 11) is 0. The van der Waals surface area contributed by atoms with E-state index in [0.717, 1.165) is 63.4 Å². The first-order valence-corrected chi connectivity index (χ1v) is 18.6. The molecular weight excluding hydrogens is 608 g/mol. The highest BCUT2D eigenvalue weighted by molar-refractivity contribution is 6.31. The first-order chi connectivity index (χ1) is 22.9. The molecule has 3 rings (SSSR count). The normalized spacial score (nSPS) is 18.5. The largest absolute Gasteiger partial charge is 0.489 e. The van der Waals surface area contributed by atoms with Crippen molar-refractivity contribution in [2.24, 2.45) is 11.8 Å². The molecule has 0 saturated heterocycles. The van der Waals surface area contributed by atoms with Crippen LogP contribution in [-0.2, 0) is 14.3 Å². The molecule has 6 heteroatoms. The van der Waals surface area contributed by atoms with Gasteiger partial charge in [-0.15, -0.1) is 0 Å². The van der Waals surface area contributed by atoms with E-state index in [2.05, 4.69) is 6.58 Å². The number of hydrogen-bond donors (Lipinski definition) is 0. The predicted octanol–water partition coefficient (Wildman–Crippen LogP) is 11.4. The Labute approximate surface area is 288 Å². The van der Waals surface area contributed by atoms with Gasteiger partial charge >= 0.3 is 5.97 Å². The maximum atomic E-state index is 13.7. The molecular formula is C41H57ClO5. The lowest BCUT2D eigenvalue weighted by Crippen LogP contribution is -2.30. The van der Waals surface area contributed by atoms with E-state index in [0.29, 0.717) is 47.3 Å². The van der Waals surface area contributed by atoms with Crippen molar-refractivity contribution < 1.29 is 23.9 Å². The quantitative estimate of drug-likeness (QED) is 0.0700. The molecule has 0 amide bonds. The van der Waals surface area contributed by atoms with Crippen molar-refractivity contribution in [2.45, 2.75) is 129 Å². The molecule has 0 N–H and O–H groups in total. The molecule has 0 spiro atoms. The highest BCUT2D eigenvalue weighted by atomic mass is 35.5. The molecule has 47 heavy (non-hydrogen) atoms. The second kappa shape index (κ2) is 21.9. The number of benzene rings is 1. The van der Waals surface area contributed by atoms with Gasteiger partial charge in [0, 0.05) is 28.2 Å². The monoisotopic (exact) mass is 664 g/mol. The van der Waals surface area contributed by atoms with Gasteiger partial charge in [0.2, 0.25) is 5.78 Å². The van der Waals surface area contributed by atoms with Crippen LogP contribution in [0.25, 0.3) is 0 Å². The van der Waals surface area contributed by atoms with Gasteiger partial charge in [0.05, 0.1) is 13.2 Å². The Balaban J connectivity index is 1.37. The standard InChI is InChI=1S/C41H57ClO5/c1-4-34(42)29-24-31(3)32-25-27-33(28-26-32)38-39(44)35-21-18-19-22-36(35)40(45)41(38)47-30-20-16-14-12-10-8-6-7-9-11-13-15-17-23-37(43)46-5-2/h4,18-19,21-22,24,29,32-33H,3,5-17,20,23,25-28,30H2,1-2H3/b29-24-,34-4+/t32-,33-. The molecule has 1 aromatic carbocycles. The minimum Gasteiger partial charge on any atom is -0.489 e. The number of ether oxygens (including phenoxy) is 2. The molecule has 5 nitrogen and oxygen atoms in total. The summed E-state index contributed by atoms with van der Waals surface area (Å²) < 4.78 is 11.2. The van der Waals surface area contributed by atoms with Crippen molar-refractivity contribution in [1.29, 1.82) is 0 Å². The van der Waals surface area contributed by atoms with Crippen LogP contribution < -0.4 is 0 Å². The van der Waals surface area contributed by atoms with Crippen LogP contribution in [0.4, 0.5) is 0 Å². The molecule has 1 fully saturated rings. The van der Waals surface area contributed by atoms with Crippen molar-refractivity contribution in [2.75, 3.05) is 13.2 Å². The Bertz CT molecular complexity index is 1260. The van der Waals surface area contributed by atoms with Gasteiger partial charge in [-0.1, -0.05) is 131 Å². The first kappa shape index (κ1) is 38.5. The fourth-order valence-corrected chi connectivity index (χ4v) is 6.84. The minimum absolute atomic E-state index is 0.0123. The Morgan fingerprint density at radius 1 is 0.809 bits per heavy atom.